The van der Waals surface area contributed by atoms with Crippen LogP contribution in [0.15, 0.2) is 30.3 Å². The summed E-state index contributed by atoms with van der Waals surface area (Å²) in [6.45, 7) is 4.13. The maximum atomic E-state index is 13.3. The van der Waals surface area contributed by atoms with E-state index in [9.17, 15) is 28.8 Å². The maximum Gasteiger partial charge on any atom is 0.338 e. The fourth-order valence-corrected chi connectivity index (χ4v) is 7.16. The number of halogens is 3. The smallest absolute Gasteiger partial charge is 0.338 e. The van der Waals surface area contributed by atoms with Crippen LogP contribution in [0.5, 0.6) is 0 Å². The van der Waals surface area contributed by atoms with E-state index in [2.05, 4.69) is 10.6 Å². The first-order valence-electron chi connectivity index (χ1n) is 14.5. The van der Waals surface area contributed by atoms with E-state index in [0.29, 0.717) is 0 Å². The molecule has 10 atom stereocenters. The second kappa shape index (κ2) is 16.2. The van der Waals surface area contributed by atoms with Gasteiger partial charge in [-0.25, -0.2) is 4.79 Å². The lowest BCUT2D eigenvalue weighted by Crippen LogP contribution is -2.67. The van der Waals surface area contributed by atoms with E-state index in [1.165, 1.54) is 6.92 Å². The summed E-state index contributed by atoms with van der Waals surface area (Å²) in [6.07, 6.45) is -7.01. The lowest BCUT2D eigenvalue weighted by molar-refractivity contribution is -0.212. The van der Waals surface area contributed by atoms with Crippen LogP contribution in [0.2, 0.25) is 0 Å². The van der Waals surface area contributed by atoms with E-state index < -0.39 is 106 Å². The number of thioether (sulfide) groups is 1. The number of esters is 4. The summed E-state index contributed by atoms with van der Waals surface area (Å²) in [5.41, 5.74) is -1.05. The molecule has 3 aliphatic heterocycles. The molecular formula is C29H33Cl3N2O13S. The lowest BCUT2D eigenvalue weighted by atomic mass is 9.97. The molecule has 4 rings (SSSR count). The van der Waals surface area contributed by atoms with Crippen molar-refractivity contribution >= 4 is 82.3 Å². The summed E-state index contributed by atoms with van der Waals surface area (Å²) < 4.78 is 37.9. The molecule has 264 valence electrons. The third-order valence-corrected chi connectivity index (χ3v) is 9.31. The zero-order valence-corrected chi connectivity index (χ0v) is 29.0. The van der Waals surface area contributed by atoms with Crippen molar-refractivity contribution in [3.63, 3.8) is 0 Å². The molecule has 0 aliphatic carbocycles. The monoisotopic (exact) mass is 754 g/mol. The summed E-state index contributed by atoms with van der Waals surface area (Å²) in [5, 5.41) is 4.34. The van der Waals surface area contributed by atoms with E-state index in [0.717, 1.165) is 32.5 Å². The molecule has 0 radical (unpaired) electrons. The lowest BCUT2D eigenvalue weighted by Gasteiger charge is -2.47. The number of hydrogen-bond acceptors (Lipinski definition) is 14. The molecule has 2 N–H and O–H groups in total. The second-order valence-corrected chi connectivity index (χ2v) is 14.5. The predicted molar refractivity (Wildman–Crippen MR) is 168 cm³/mol. The Hall–Kier alpha value is -2.86. The van der Waals surface area contributed by atoms with E-state index in [1.54, 1.807) is 30.3 Å². The maximum absolute atomic E-state index is 13.3. The molecule has 3 fully saturated rings. The predicted octanol–water partition coefficient (Wildman–Crippen LogP) is 1.58. The van der Waals surface area contributed by atoms with Crippen molar-refractivity contribution in [2.24, 2.45) is 0 Å². The molecule has 1 aromatic rings. The molecule has 1 aromatic carbocycles. The zero-order valence-electron chi connectivity index (χ0n) is 25.9. The van der Waals surface area contributed by atoms with Crippen LogP contribution in [-0.2, 0) is 57.1 Å². The van der Waals surface area contributed by atoms with Gasteiger partial charge in [0.2, 0.25) is 5.91 Å². The van der Waals surface area contributed by atoms with Crippen LogP contribution >= 0.6 is 46.6 Å². The molecule has 2 bridgehead atoms. The number of nitrogens with one attached hydrogen (secondary N) is 2. The number of hydrogen-bond donors (Lipinski definition) is 2. The minimum atomic E-state index is -2.49. The van der Waals surface area contributed by atoms with Gasteiger partial charge < -0.3 is 43.8 Å². The normalized spacial score (nSPS) is 31.1. The average Bonchev–Trinajstić information content (AvgIpc) is 3.44. The summed E-state index contributed by atoms with van der Waals surface area (Å²) in [4.78, 5) is 75.0. The van der Waals surface area contributed by atoms with Crippen molar-refractivity contribution < 1.29 is 61.9 Å². The van der Waals surface area contributed by atoms with Crippen molar-refractivity contribution in [3.8, 4) is 0 Å². The van der Waals surface area contributed by atoms with Gasteiger partial charge in [-0.1, -0.05) is 53.0 Å². The molecule has 19 heteroatoms. The summed E-state index contributed by atoms with van der Waals surface area (Å²) >= 11 is 18.6. The third-order valence-electron chi connectivity index (χ3n) is 7.24. The van der Waals surface area contributed by atoms with E-state index in [-0.39, 0.29) is 12.2 Å². The molecular weight excluding hydrogens is 723 g/mol. The van der Waals surface area contributed by atoms with Crippen LogP contribution in [0.25, 0.3) is 0 Å². The number of ether oxygens (including phenoxy) is 7. The molecule has 3 heterocycles. The van der Waals surface area contributed by atoms with Gasteiger partial charge in [-0.05, 0) is 12.1 Å². The summed E-state index contributed by atoms with van der Waals surface area (Å²) in [5.74, 6) is -4.67. The number of rotatable bonds is 10. The van der Waals surface area contributed by atoms with Crippen molar-refractivity contribution in [1.29, 1.82) is 0 Å². The van der Waals surface area contributed by atoms with Gasteiger partial charge in [0.05, 0.1) is 23.5 Å². The topological polar surface area (TPSA) is 191 Å². The van der Waals surface area contributed by atoms with Gasteiger partial charge in [-0.15, -0.1) is 11.8 Å². The molecule has 15 nitrogen and oxygen atoms in total. The first-order chi connectivity index (χ1) is 22.5. The van der Waals surface area contributed by atoms with Crippen LogP contribution in [-0.4, -0.2) is 112 Å². The molecule has 3 aliphatic rings. The summed E-state index contributed by atoms with van der Waals surface area (Å²) in [6, 6.07) is 5.72. The minimum absolute atomic E-state index is 0.00995. The largest absolute Gasteiger partial charge is 0.463 e. The van der Waals surface area contributed by atoms with E-state index in [4.69, 9.17) is 68.0 Å². The third kappa shape index (κ3) is 9.64. The fourth-order valence-electron chi connectivity index (χ4n) is 5.39. The fraction of sp³-hybridized carbons (Fsp3) is 0.586. The molecule has 2 amide bonds. The van der Waals surface area contributed by atoms with Crippen LogP contribution in [0.1, 0.15) is 38.1 Å². The van der Waals surface area contributed by atoms with Crippen molar-refractivity contribution in [1.82, 2.24) is 10.6 Å². The molecule has 48 heavy (non-hydrogen) atoms. The average molecular weight is 756 g/mol. The van der Waals surface area contributed by atoms with Crippen molar-refractivity contribution in [2.45, 2.75) is 91.1 Å². The van der Waals surface area contributed by atoms with Gasteiger partial charge in [0.25, 0.3) is 9.70 Å². The molecule has 0 aromatic heterocycles. The Morgan fingerprint density at radius 2 is 1.48 bits per heavy atom. The Bertz CT molecular complexity index is 1380. The van der Waals surface area contributed by atoms with E-state index >= 15 is 0 Å². The summed E-state index contributed by atoms with van der Waals surface area (Å²) in [7, 11) is 0. The number of benzene rings is 1. The van der Waals surface area contributed by atoms with Crippen LogP contribution in [0.3, 0.4) is 0 Å². The minimum Gasteiger partial charge on any atom is -0.463 e. The van der Waals surface area contributed by atoms with Crippen molar-refractivity contribution in [2.75, 3.05) is 13.2 Å². The van der Waals surface area contributed by atoms with Gasteiger partial charge in [-0.3, -0.25) is 24.0 Å². The zero-order chi connectivity index (χ0) is 35.3. The SMILES string of the molecule is CC(=O)N[C@H]1[C@@H]2OC[C@@H](O2)[C@@H](S[C@@H]2O[C@H](COC(C)=O)[C@@H](OC(C)=O)[C@H](OC(C)=O)[C@H]2NC(=O)C(Cl)(Cl)Cl)[C@@H]1OC(=O)c1ccccc1. The van der Waals surface area contributed by atoms with Gasteiger partial charge in [0, 0.05) is 27.7 Å². The Balaban J connectivity index is 1.78. The van der Waals surface area contributed by atoms with Gasteiger partial charge in [0.15, 0.2) is 18.5 Å². The highest BCUT2D eigenvalue weighted by Crippen LogP contribution is 2.43. The Morgan fingerprint density at radius 1 is 0.833 bits per heavy atom. The standard InChI is InChI=1S/C29H33Cl3N2O13S/c1-12(35)33-19-23(47-25(39)16-8-6-5-7-9-16)24(18-11-42-26(19)45-18)48-27-20(34-28(40)29(30,31)32)22(44-15(4)38)21(43-14(3)37)17(46-27)10-41-13(2)36/h5-9,17-24,26-27H,10-11H2,1-4H3,(H,33,35)(H,34,40)/t17-,18-,19-,20-,21-,22-,23-,24-,26-,27+/m1/s1. The van der Waals surface area contributed by atoms with Crippen LogP contribution in [0, 0.1) is 0 Å². The van der Waals surface area contributed by atoms with Crippen LogP contribution < -0.4 is 10.6 Å². The van der Waals surface area contributed by atoms with Gasteiger partial charge >= 0.3 is 23.9 Å². The molecule has 0 spiro atoms. The molecule has 0 unspecified atom stereocenters. The Morgan fingerprint density at radius 3 is 2.06 bits per heavy atom. The number of carbonyl (C=O) groups is 6. The Kier molecular flexibility index (Phi) is 12.8. The highest BCUT2D eigenvalue weighted by atomic mass is 35.6. The van der Waals surface area contributed by atoms with Gasteiger partial charge in [-0.2, -0.15) is 0 Å². The first kappa shape index (κ1) is 38.0. The van der Waals surface area contributed by atoms with E-state index in [1.807, 2.05) is 0 Å². The number of fused-ring (bicyclic) bond motifs is 2. The second-order valence-electron chi connectivity index (χ2n) is 10.9. The number of alkyl halides is 3. The molecule has 3 saturated heterocycles. The highest BCUT2D eigenvalue weighted by molar-refractivity contribution is 8.00. The number of carbonyl (C=O) groups excluding carboxylic acids is 6. The highest BCUT2D eigenvalue weighted by Gasteiger charge is 2.58. The first-order valence-corrected chi connectivity index (χ1v) is 16.6. The van der Waals surface area contributed by atoms with Crippen molar-refractivity contribution in [3.05, 3.63) is 35.9 Å². The Labute approximate surface area is 294 Å². The quantitative estimate of drug-likeness (QED) is 0.199. The van der Waals surface area contributed by atoms with Gasteiger partial charge in [0.1, 0.15) is 36.3 Å². The number of amides is 2. The molecule has 0 saturated carbocycles. The van der Waals surface area contributed by atoms with Crippen LogP contribution in [0.4, 0.5) is 0 Å².